The van der Waals surface area contributed by atoms with Crippen LogP contribution in [-0.4, -0.2) is 106 Å². The average molecular weight is 329 g/mol. The first-order valence-electron chi connectivity index (χ1n) is 8.51. The van der Waals surface area contributed by atoms with Crippen molar-refractivity contribution in [3.8, 4) is 0 Å². The highest BCUT2D eigenvalue weighted by molar-refractivity contribution is 4.79. The van der Waals surface area contributed by atoms with Crippen LogP contribution in [0.15, 0.2) is 0 Å². The Morgan fingerprint density at radius 3 is 1.45 bits per heavy atom. The van der Waals surface area contributed by atoms with Crippen LogP contribution in [0.2, 0.25) is 0 Å². The van der Waals surface area contributed by atoms with E-state index in [0.717, 1.165) is 0 Å². The van der Waals surface area contributed by atoms with Gasteiger partial charge in [-0.15, -0.1) is 0 Å². The van der Waals surface area contributed by atoms with Crippen molar-refractivity contribution in [2.24, 2.45) is 5.41 Å². The smallest absolute Gasteiger partial charge is 0.210 e. The van der Waals surface area contributed by atoms with Crippen molar-refractivity contribution in [3.63, 3.8) is 0 Å². The summed E-state index contributed by atoms with van der Waals surface area (Å²) in [6.45, 7) is 3.24. The molecule has 8 heteroatoms. The molecule has 0 amide bonds. The van der Waals surface area contributed by atoms with E-state index in [1.165, 1.54) is 0 Å². The molecule has 0 saturated heterocycles. The lowest BCUT2D eigenvalue weighted by atomic mass is 9.92. The first-order valence-corrected chi connectivity index (χ1v) is 7.29. The highest BCUT2D eigenvalue weighted by Crippen LogP contribution is 2.20. The van der Waals surface area contributed by atoms with Gasteiger partial charge in [0, 0.05) is 7.11 Å². The molecule has 0 bridgehead atoms. The molecule has 0 aromatic carbocycles. The number of aliphatic hydroxyl groups excluding tert-OH is 3. The Morgan fingerprint density at radius 1 is 0.682 bits per heavy atom. The Hall–Kier alpha value is -0.320. The third kappa shape index (κ3) is 11.3. The van der Waals surface area contributed by atoms with E-state index >= 15 is 0 Å². The second kappa shape index (κ2) is 15.6. The van der Waals surface area contributed by atoms with E-state index in [1.807, 2.05) is 0 Å². The monoisotopic (exact) mass is 329 g/mol. The molecular formula is C14H30O8. The molecular weight excluding hydrogens is 296 g/mol. The maximum Gasteiger partial charge on any atom is 0.210 e. The largest absolute Gasteiger partial charge is 0.394 e. The average Bonchev–Trinajstić information content (AvgIpc) is 2.63. The van der Waals surface area contributed by atoms with Gasteiger partial charge in [-0.3, -0.25) is 0 Å². The summed E-state index contributed by atoms with van der Waals surface area (Å²) in [5, 5.41) is 12.7. The van der Waals surface area contributed by atoms with Gasteiger partial charge < -0.3 is 39.0 Å². The van der Waals surface area contributed by atoms with Crippen molar-refractivity contribution < 1.29 is 39.0 Å². The minimum absolute atomic E-state index is 0.154. The molecule has 0 unspecified atom stereocenters. The van der Waals surface area contributed by atoms with Gasteiger partial charge in [0.1, 0.15) is 0 Å². The Labute approximate surface area is 136 Å². The zero-order valence-corrected chi connectivity index (χ0v) is 13.3. The molecule has 0 spiro atoms. The molecule has 0 aromatic rings. The maximum absolute atomic E-state index is 6.68. The van der Waals surface area contributed by atoms with E-state index in [-0.39, 0.29) is 59.5 Å². The second-order valence-corrected chi connectivity index (χ2v) is 4.82. The maximum atomic E-state index is 6.68. The van der Waals surface area contributed by atoms with Crippen molar-refractivity contribution in [2.75, 3.05) is 86.4 Å². The molecule has 0 heterocycles. The summed E-state index contributed by atoms with van der Waals surface area (Å²) in [4.78, 5) is 0. The summed E-state index contributed by atoms with van der Waals surface area (Å²) in [5.74, 6) is 0. The third-order valence-electron chi connectivity index (χ3n) is 2.75. The molecule has 0 atom stereocenters. The van der Waals surface area contributed by atoms with Gasteiger partial charge in [0.25, 0.3) is 0 Å². The van der Waals surface area contributed by atoms with E-state index in [4.69, 9.17) is 28.0 Å². The predicted octanol–water partition coefficient (Wildman–Crippen LogP) is -1.34. The molecule has 8 nitrogen and oxygen atoms in total. The molecule has 134 valence electrons. The fourth-order valence-electron chi connectivity index (χ4n) is 1.72. The van der Waals surface area contributed by atoms with Crippen LogP contribution in [0.1, 0.15) is 0 Å². The fourth-order valence-corrected chi connectivity index (χ4v) is 1.72. The molecule has 0 fully saturated rings. The first kappa shape index (κ1) is 16.5. The van der Waals surface area contributed by atoms with Gasteiger partial charge in [0.05, 0.1) is 84.7 Å². The third-order valence-corrected chi connectivity index (χ3v) is 2.75. The van der Waals surface area contributed by atoms with Crippen molar-refractivity contribution >= 4 is 0 Å². The summed E-state index contributed by atoms with van der Waals surface area (Å²) in [7, 11) is 1.59. The molecule has 0 aliphatic carbocycles. The highest BCUT2D eigenvalue weighted by Gasteiger charge is 2.32. The van der Waals surface area contributed by atoms with Crippen LogP contribution in [-0.2, 0) is 23.7 Å². The number of ether oxygens (including phenoxy) is 5. The quantitative estimate of drug-likeness (QED) is 0.236. The van der Waals surface area contributed by atoms with Gasteiger partial charge in [-0.05, 0) is 0 Å². The molecule has 0 aliphatic heterocycles. The van der Waals surface area contributed by atoms with E-state index in [1.54, 1.807) is 7.11 Å². The van der Waals surface area contributed by atoms with Crippen LogP contribution in [0.25, 0.3) is 0 Å². The van der Waals surface area contributed by atoms with Gasteiger partial charge in [0.2, 0.25) is 4.29 Å². The second-order valence-electron chi connectivity index (χ2n) is 4.82. The van der Waals surface area contributed by atoms with Crippen LogP contribution in [0.3, 0.4) is 0 Å². The normalized spacial score (nSPS) is 13.8. The van der Waals surface area contributed by atoms with Gasteiger partial charge >= 0.3 is 0 Å². The Bertz CT molecular complexity index is 223. The van der Waals surface area contributed by atoms with Crippen LogP contribution in [0.4, 0.5) is 0 Å². The number of hydrogen-bond acceptors (Lipinski definition) is 8. The first-order chi connectivity index (χ1) is 12.2. The van der Waals surface area contributed by atoms with E-state index in [9.17, 15) is 0 Å². The minimum Gasteiger partial charge on any atom is -0.394 e. The molecule has 0 rings (SSSR count). The summed E-state index contributed by atoms with van der Waals surface area (Å²) < 4.78 is 47.3. The van der Waals surface area contributed by atoms with Crippen LogP contribution < -0.4 is 0 Å². The lowest BCUT2D eigenvalue weighted by Crippen LogP contribution is -2.42. The van der Waals surface area contributed by atoms with E-state index in [0.29, 0.717) is 19.8 Å². The van der Waals surface area contributed by atoms with Crippen molar-refractivity contribution in [2.45, 2.75) is 0 Å². The van der Waals surface area contributed by atoms with Crippen LogP contribution in [0, 0.1) is 5.41 Å². The van der Waals surface area contributed by atoms with Gasteiger partial charge in [-0.25, -0.2) is 0 Å². The molecule has 22 heavy (non-hydrogen) atoms. The lowest BCUT2D eigenvalue weighted by Gasteiger charge is -2.32. The van der Waals surface area contributed by atoms with E-state index in [2.05, 4.69) is 15.3 Å². The summed E-state index contributed by atoms with van der Waals surface area (Å²) in [5.41, 5.74) is -0.597. The Morgan fingerprint density at radius 2 is 1.09 bits per heavy atom. The molecule has 0 aromatic heterocycles. The standard InChI is InChI=1S/C14H30O8/c1-18-8-9-22-13-14(10-19-5-2-15,11-20-6-3-16)12-21-7-4-17/h15-17H,2-13H2,1H3/i15D,16D,17D. The van der Waals surface area contributed by atoms with Gasteiger partial charge in [-0.1, -0.05) is 0 Å². The summed E-state index contributed by atoms with van der Waals surface area (Å²) in [6, 6.07) is 0. The molecule has 3 N–H and O–H groups in total. The number of hydrogen-bond donors (Lipinski definition) is 3. The summed E-state index contributed by atoms with van der Waals surface area (Å²) in [6.07, 6.45) is 0. The topological polar surface area (TPSA) is 107 Å². The van der Waals surface area contributed by atoms with Gasteiger partial charge in [0.15, 0.2) is 0 Å². The Kier molecular flexibility index (Phi) is 11.7. The predicted molar refractivity (Wildman–Crippen MR) is 78.8 cm³/mol. The molecule has 0 aliphatic rings. The Balaban J connectivity index is 4.62. The zero-order chi connectivity index (χ0) is 18.6. The van der Waals surface area contributed by atoms with Crippen molar-refractivity contribution in [3.05, 3.63) is 0 Å². The fraction of sp³-hybridized carbons (Fsp3) is 1.00. The van der Waals surface area contributed by atoms with Crippen molar-refractivity contribution in [1.29, 1.82) is 4.29 Å². The van der Waals surface area contributed by atoms with Crippen LogP contribution in [0.5, 0.6) is 0 Å². The molecule has 0 radical (unpaired) electrons. The number of rotatable bonds is 20. The number of methoxy groups -OCH3 is 1. The number of aliphatic hydroxyl groups is 3. The molecule has 0 saturated carbocycles. The van der Waals surface area contributed by atoms with Crippen LogP contribution >= 0.6 is 0 Å². The highest BCUT2D eigenvalue weighted by atomic mass is 16.5. The lowest BCUT2D eigenvalue weighted by molar-refractivity contribution is -0.116. The zero-order valence-electron chi connectivity index (χ0n) is 16.3. The summed E-state index contributed by atoms with van der Waals surface area (Å²) >= 11 is 0. The SMILES string of the molecule is [2H]OCCOCC(COCCO[2H])(COCCO[2H])COCCOC. The minimum atomic E-state index is -0.597. The van der Waals surface area contributed by atoms with Gasteiger partial charge in [-0.2, -0.15) is 0 Å². The van der Waals surface area contributed by atoms with Crippen molar-refractivity contribution in [1.82, 2.24) is 0 Å². The van der Waals surface area contributed by atoms with E-state index < -0.39 is 5.41 Å².